The Balaban J connectivity index is 2.24. The van der Waals surface area contributed by atoms with E-state index in [4.69, 9.17) is 0 Å². The number of halogens is 2. The highest BCUT2D eigenvalue weighted by atomic mass is 79.9. The third-order valence-electron chi connectivity index (χ3n) is 2.81. The first-order chi connectivity index (χ1) is 8.11. The van der Waals surface area contributed by atoms with Crippen LogP contribution in [0.4, 0.5) is 4.39 Å². The second-order valence-corrected chi connectivity index (χ2v) is 4.52. The average Bonchev–Trinajstić information content (AvgIpc) is 2.75. The molecule has 90 valence electrons. The van der Waals surface area contributed by atoms with Crippen LogP contribution in [-0.2, 0) is 4.79 Å². The third kappa shape index (κ3) is 2.54. The van der Waals surface area contributed by atoms with E-state index in [1.807, 2.05) is 0 Å². The van der Waals surface area contributed by atoms with Crippen molar-refractivity contribution in [3.05, 3.63) is 35.1 Å². The highest BCUT2D eigenvalue weighted by Crippen LogP contribution is 2.25. The number of alkyl halides is 1. The summed E-state index contributed by atoms with van der Waals surface area (Å²) < 4.78 is 13.7. The van der Waals surface area contributed by atoms with Crippen LogP contribution in [0.15, 0.2) is 18.2 Å². The van der Waals surface area contributed by atoms with Gasteiger partial charge in [0, 0.05) is 6.42 Å². The molecule has 17 heavy (non-hydrogen) atoms. The maximum atomic E-state index is 13.7. The molecule has 1 heterocycles. The van der Waals surface area contributed by atoms with Crippen LogP contribution in [0, 0.1) is 5.82 Å². The summed E-state index contributed by atoms with van der Waals surface area (Å²) in [5.74, 6) is -0.839. The van der Waals surface area contributed by atoms with Crippen LogP contribution in [0.5, 0.6) is 0 Å². The first-order valence-electron chi connectivity index (χ1n) is 5.30. The van der Waals surface area contributed by atoms with Crippen LogP contribution in [0.1, 0.15) is 34.8 Å². The van der Waals surface area contributed by atoms with Crippen LogP contribution in [0.3, 0.4) is 0 Å². The molecule has 1 amide bonds. The Morgan fingerprint density at radius 2 is 2.29 bits per heavy atom. The van der Waals surface area contributed by atoms with Crippen LogP contribution >= 0.6 is 15.9 Å². The Hall–Kier alpha value is -1.23. The highest BCUT2D eigenvalue weighted by Gasteiger charge is 2.23. The van der Waals surface area contributed by atoms with Gasteiger partial charge in [-0.1, -0.05) is 22.0 Å². The van der Waals surface area contributed by atoms with Crippen molar-refractivity contribution in [2.45, 2.75) is 18.9 Å². The van der Waals surface area contributed by atoms with Gasteiger partial charge < -0.3 is 5.32 Å². The Morgan fingerprint density at radius 1 is 1.53 bits per heavy atom. The van der Waals surface area contributed by atoms with Gasteiger partial charge >= 0.3 is 0 Å². The van der Waals surface area contributed by atoms with E-state index >= 15 is 0 Å². The molecule has 0 saturated carbocycles. The zero-order valence-electron chi connectivity index (χ0n) is 9.00. The quantitative estimate of drug-likeness (QED) is 0.688. The van der Waals surface area contributed by atoms with E-state index in [1.165, 1.54) is 12.1 Å². The van der Waals surface area contributed by atoms with Gasteiger partial charge in [-0.25, -0.2) is 4.39 Å². The second kappa shape index (κ2) is 4.96. The van der Waals surface area contributed by atoms with Crippen LogP contribution in [0.25, 0.3) is 0 Å². The van der Waals surface area contributed by atoms with E-state index < -0.39 is 5.82 Å². The molecule has 1 aromatic carbocycles. The molecule has 1 atom stereocenters. The maximum absolute atomic E-state index is 13.7. The van der Waals surface area contributed by atoms with E-state index in [0.29, 0.717) is 18.4 Å². The largest absolute Gasteiger partial charge is 0.349 e. The van der Waals surface area contributed by atoms with Crippen molar-refractivity contribution in [2.24, 2.45) is 0 Å². The first kappa shape index (κ1) is 12.2. The van der Waals surface area contributed by atoms with Gasteiger partial charge in [0.2, 0.25) is 5.91 Å². The summed E-state index contributed by atoms with van der Waals surface area (Å²) in [4.78, 5) is 22.4. The minimum atomic E-state index is -0.534. The molecule has 1 saturated heterocycles. The maximum Gasteiger partial charge on any atom is 0.220 e. The van der Waals surface area contributed by atoms with E-state index in [0.717, 1.165) is 0 Å². The molecule has 1 unspecified atom stereocenters. The minimum absolute atomic E-state index is 0.0176. The van der Waals surface area contributed by atoms with Gasteiger partial charge in [0.25, 0.3) is 0 Å². The standard InChI is InChI=1S/C12H11BrFNO2/c13-6-11(16)8-2-1-7(5-9(8)14)10-3-4-12(17)15-10/h1-2,5,10H,3-4,6H2,(H,15,17). The fourth-order valence-electron chi connectivity index (χ4n) is 1.91. The lowest BCUT2D eigenvalue weighted by Crippen LogP contribution is -2.18. The molecule has 0 bridgehead atoms. The zero-order chi connectivity index (χ0) is 12.4. The van der Waals surface area contributed by atoms with Crippen molar-refractivity contribution in [2.75, 3.05) is 5.33 Å². The van der Waals surface area contributed by atoms with Gasteiger partial charge in [-0.3, -0.25) is 9.59 Å². The number of carbonyl (C=O) groups is 2. The molecule has 5 heteroatoms. The zero-order valence-corrected chi connectivity index (χ0v) is 10.6. The van der Waals surface area contributed by atoms with Gasteiger partial charge in [0.1, 0.15) is 5.82 Å². The molecule has 1 aromatic rings. The van der Waals surface area contributed by atoms with Crippen molar-refractivity contribution >= 4 is 27.6 Å². The van der Waals surface area contributed by atoms with Gasteiger partial charge in [-0.2, -0.15) is 0 Å². The summed E-state index contributed by atoms with van der Waals surface area (Å²) in [6.07, 6.45) is 1.14. The van der Waals surface area contributed by atoms with Crippen molar-refractivity contribution in [1.29, 1.82) is 0 Å². The van der Waals surface area contributed by atoms with Gasteiger partial charge in [-0.15, -0.1) is 0 Å². The van der Waals surface area contributed by atoms with Crippen LogP contribution in [0.2, 0.25) is 0 Å². The summed E-state index contributed by atoms with van der Waals surface area (Å²) >= 11 is 3.01. The SMILES string of the molecule is O=C1CCC(c2ccc(C(=O)CBr)c(F)c2)N1. The number of hydrogen-bond acceptors (Lipinski definition) is 2. The van der Waals surface area contributed by atoms with E-state index in [1.54, 1.807) is 6.07 Å². The number of rotatable bonds is 3. The molecule has 0 spiro atoms. The third-order valence-corrected chi connectivity index (χ3v) is 3.32. The van der Waals surface area contributed by atoms with Crippen molar-refractivity contribution in [1.82, 2.24) is 5.32 Å². The molecule has 0 aliphatic carbocycles. The Kier molecular flexibility index (Phi) is 3.57. The fourth-order valence-corrected chi connectivity index (χ4v) is 2.21. The number of amides is 1. The summed E-state index contributed by atoms with van der Waals surface area (Å²) in [6.45, 7) is 0. The lowest BCUT2D eigenvalue weighted by molar-refractivity contribution is -0.119. The Morgan fingerprint density at radius 3 is 2.82 bits per heavy atom. The molecular formula is C12H11BrFNO2. The lowest BCUT2D eigenvalue weighted by atomic mass is 10.0. The molecule has 0 radical (unpaired) electrons. The molecule has 2 rings (SSSR count). The molecule has 1 aliphatic heterocycles. The summed E-state index contributed by atoms with van der Waals surface area (Å²) in [5.41, 5.74) is 0.787. The highest BCUT2D eigenvalue weighted by molar-refractivity contribution is 9.09. The van der Waals surface area contributed by atoms with Gasteiger partial charge in [-0.05, 0) is 24.1 Å². The van der Waals surface area contributed by atoms with Gasteiger partial charge in [0.05, 0.1) is 16.9 Å². The predicted octanol–water partition coefficient (Wildman–Crippen LogP) is 2.35. The summed E-state index contributed by atoms with van der Waals surface area (Å²) in [7, 11) is 0. The Labute approximate surface area is 107 Å². The van der Waals surface area contributed by atoms with Crippen LogP contribution < -0.4 is 5.32 Å². The smallest absolute Gasteiger partial charge is 0.220 e. The molecule has 3 nitrogen and oxygen atoms in total. The molecular weight excluding hydrogens is 289 g/mol. The lowest BCUT2D eigenvalue weighted by Gasteiger charge is -2.11. The Bertz CT molecular complexity index is 476. The normalized spacial score (nSPS) is 19.2. The van der Waals surface area contributed by atoms with Crippen LogP contribution in [-0.4, -0.2) is 17.0 Å². The molecule has 1 N–H and O–H groups in total. The van der Waals surface area contributed by atoms with E-state index in [-0.39, 0.29) is 28.6 Å². The average molecular weight is 300 g/mol. The number of benzene rings is 1. The van der Waals surface area contributed by atoms with E-state index in [2.05, 4.69) is 21.2 Å². The van der Waals surface area contributed by atoms with Crippen molar-refractivity contribution in [3.8, 4) is 0 Å². The summed E-state index contributed by atoms with van der Waals surface area (Å²) in [6, 6.07) is 4.35. The van der Waals surface area contributed by atoms with Gasteiger partial charge in [0.15, 0.2) is 5.78 Å². The number of hydrogen-bond donors (Lipinski definition) is 1. The number of carbonyl (C=O) groups excluding carboxylic acids is 2. The number of Topliss-reactive ketones (excluding diaryl/α,β-unsaturated/α-hetero) is 1. The van der Waals surface area contributed by atoms with Crippen molar-refractivity contribution in [3.63, 3.8) is 0 Å². The fraction of sp³-hybridized carbons (Fsp3) is 0.333. The predicted molar refractivity (Wildman–Crippen MR) is 64.6 cm³/mol. The number of nitrogens with one attached hydrogen (secondary N) is 1. The van der Waals surface area contributed by atoms with E-state index in [9.17, 15) is 14.0 Å². The van der Waals surface area contributed by atoms with Crippen molar-refractivity contribution < 1.29 is 14.0 Å². The monoisotopic (exact) mass is 299 g/mol. The molecule has 1 fully saturated rings. The topological polar surface area (TPSA) is 46.2 Å². The minimum Gasteiger partial charge on any atom is -0.349 e. The first-order valence-corrected chi connectivity index (χ1v) is 6.42. The number of ketones is 1. The molecule has 1 aliphatic rings. The second-order valence-electron chi connectivity index (χ2n) is 3.95. The molecule has 0 aromatic heterocycles. The summed E-state index contributed by atoms with van der Waals surface area (Å²) in [5, 5.41) is 2.86.